The van der Waals surface area contributed by atoms with Gasteiger partial charge in [-0.2, -0.15) is 19.9 Å². The average molecular weight is 917 g/mol. The minimum Gasteiger partial charge on any atom is -0.476 e. The van der Waals surface area contributed by atoms with Gasteiger partial charge in [0.25, 0.3) is 0 Å². The number of hydrogen-bond acceptors (Lipinski definition) is 18. The van der Waals surface area contributed by atoms with E-state index in [-0.39, 0.29) is 44.7 Å². The number of carbonyl (C=O) groups excluding carboxylic acids is 2. The highest BCUT2D eigenvalue weighted by molar-refractivity contribution is 7.59. The normalized spacial score (nSPS) is 12.8. The third-order valence-corrected chi connectivity index (χ3v) is 10.9. The number of ether oxygens (including phenoxy) is 6. The van der Waals surface area contributed by atoms with Crippen LogP contribution in [0.25, 0.3) is 22.3 Å². The van der Waals surface area contributed by atoms with E-state index in [1.807, 2.05) is 27.7 Å². The van der Waals surface area contributed by atoms with E-state index in [1.54, 1.807) is 29.3 Å². The Morgan fingerprint density at radius 2 is 1.08 bits per heavy atom. The maximum atomic E-state index is 13.8. The summed E-state index contributed by atoms with van der Waals surface area (Å²) < 4.78 is 60.2. The third kappa shape index (κ3) is 17.3. The van der Waals surface area contributed by atoms with Crippen molar-refractivity contribution in [1.82, 2.24) is 49.2 Å². The molecule has 0 spiro atoms. The Morgan fingerprint density at radius 1 is 0.661 bits per heavy atom. The van der Waals surface area contributed by atoms with E-state index in [4.69, 9.17) is 49.7 Å². The second kappa shape index (κ2) is 26.2. The molecule has 4 aromatic heterocycles. The van der Waals surface area contributed by atoms with Crippen LogP contribution in [-0.4, -0.2) is 125 Å². The molecule has 348 valence electrons. The molecule has 0 aliphatic carbocycles. The first-order valence-electron chi connectivity index (χ1n) is 20.4. The second-order valence-corrected chi connectivity index (χ2v) is 17.8. The molecular weight excluding hydrogens is 854 g/mol. The molecule has 4 aromatic rings. The van der Waals surface area contributed by atoms with E-state index < -0.39 is 45.4 Å². The summed E-state index contributed by atoms with van der Waals surface area (Å²) in [5.74, 6) is -0.343. The van der Waals surface area contributed by atoms with Crippen LogP contribution in [0.15, 0.2) is 12.7 Å². The van der Waals surface area contributed by atoms with Crippen molar-refractivity contribution in [2.75, 3.05) is 63.8 Å². The van der Waals surface area contributed by atoms with Gasteiger partial charge in [-0.1, -0.05) is 40.5 Å². The predicted octanol–water partition coefficient (Wildman–Crippen LogP) is 3.36. The van der Waals surface area contributed by atoms with Crippen molar-refractivity contribution in [2.45, 2.75) is 105 Å². The van der Waals surface area contributed by atoms with E-state index >= 15 is 0 Å². The van der Waals surface area contributed by atoms with E-state index in [0.29, 0.717) is 60.4 Å². The van der Waals surface area contributed by atoms with Gasteiger partial charge in [0, 0.05) is 13.1 Å². The Kier molecular flexibility index (Phi) is 21.9. The number of nitrogen functional groups attached to an aromatic ring is 2. The lowest BCUT2D eigenvalue weighted by Gasteiger charge is -2.26. The predicted molar refractivity (Wildman–Crippen MR) is 229 cm³/mol. The molecule has 0 unspecified atom stereocenters. The van der Waals surface area contributed by atoms with E-state index in [0.717, 1.165) is 38.5 Å². The summed E-state index contributed by atoms with van der Waals surface area (Å²) in [5, 5.41) is 5.59. The molecule has 0 aromatic carbocycles. The first-order chi connectivity index (χ1) is 29.5. The summed E-state index contributed by atoms with van der Waals surface area (Å²) in [7, 11) is -7.78. The van der Waals surface area contributed by atoms with Gasteiger partial charge in [0.05, 0.1) is 52.3 Å². The smallest absolute Gasteiger partial charge is 0.350 e. The maximum absolute atomic E-state index is 13.8. The summed E-state index contributed by atoms with van der Waals surface area (Å²) in [6.07, 6.45) is 6.99. The summed E-state index contributed by atoms with van der Waals surface area (Å²) in [4.78, 5) is 67.3. The molecule has 24 nitrogen and oxygen atoms in total. The zero-order chi connectivity index (χ0) is 45.7. The molecule has 4 rings (SSSR count). The van der Waals surface area contributed by atoms with Crippen LogP contribution >= 0.6 is 15.0 Å². The second-order valence-electron chi connectivity index (χ2n) is 13.9. The quantitative estimate of drug-likeness (QED) is 0.0270. The standard InChI is InChI=1S/C25H44N7O7P.C11H18N5O5P/c1-6-9-13-38-23(33)18(4)30-40(35,31-19(5)24(34)39-14-10-7-2)17-36-15-11-32-16-27-20-21(32)28-25(26)29-22(20)37-12-8-3;1-2-4-21-10-8-9(14-11(12)15-10)16(6-13-8)3-5-20-7-22(17,18)19/h16,18-19H,6-15,17H2,1-5H3,(H2,26,28,29)(H2,30,31,35);6H,2-5,7H2,1H3,(H2,12,14,15)(H2,17,18,19)/t18-,19-;/m0./s1. The molecule has 0 aliphatic rings. The number of aromatic nitrogens is 8. The fraction of sp³-hybridized carbons (Fsp3) is 0.667. The molecule has 0 amide bonds. The number of rotatable bonds is 28. The number of hydrogen-bond donors (Lipinski definition) is 6. The van der Waals surface area contributed by atoms with Gasteiger partial charge >= 0.3 is 19.5 Å². The van der Waals surface area contributed by atoms with Crippen LogP contribution in [0.2, 0.25) is 0 Å². The summed E-state index contributed by atoms with van der Waals surface area (Å²) in [6, 6.07) is -1.80. The highest BCUT2D eigenvalue weighted by Gasteiger charge is 2.32. The van der Waals surface area contributed by atoms with Gasteiger partial charge in [0.15, 0.2) is 22.3 Å². The number of carbonyl (C=O) groups is 2. The topological polar surface area (TPSA) is 327 Å². The average Bonchev–Trinajstić information content (AvgIpc) is 3.82. The van der Waals surface area contributed by atoms with Crippen molar-refractivity contribution in [1.29, 1.82) is 0 Å². The van der Waals surface area contributed by atoms with Crippen LogP contribution in [-0.2, 0) is 50.8 Å². The number of fused-ring (bicyclic) bond motifs is 2. The van der Waals surface area contributed by atoms with Crippen LogP contribution < -0.4 is 31.1 Å². The summed E-state index contributed by atoms with van der Waals surface area (Å²) in [6.45, 7) is 13.4. The van der Waals surface area contributed by atoms with Crippen molar-refractivity contribution in [3.05, 3.63) is 12.7 Å². The Bertz CT molecular complexity index is 2070. The van der Waals surface area contributed by atoms with Gasteiger partial charge in [-0.05, 0) is 39.5 Å². The van der Waals surface area contributed by atoms with E-state index in [2.05, 4.69) is 40.1 Å². The van der Waals surface area contributed by atoms with E-state index in [1.165, 1.54) is 6.33 Å². The summed E-state index contributed by atoms with van der Waals surface area (Å²) in [5.41, 5.74) is 13.4. The molecule has 0 saturated carbocycles. The van der Waals surface area contributed by atoms with Gasteiger partial charge in [0.1, 0.15) is 24.8 Å². The van der Waals surface area contributed by atoms with Crippen LogP contribution in [0.3, 0.4) is 0 Å². The highest BCUT2D eigenvalue weighted by Crippen LogP contribution is 2.38. The number of esters is 2. The fourth-order valence-corrected chi connectivity index (χ4v) is 7.66. The molecule has 0 fully saturated rings. The Balaban J connectivity index is 0.000000390. The number of anilines is 2. The number of nitrogens with zero attached hydrogens (tertiary/aromatic N) is 8. The number of imidazole rings is 2. The molecule has 4 heterocycles. The van der Waals surface area contributed by atoms with Crippen LogP contribution in [0, 0.1) is 0 Å². The largest absolute Gasteiger partial charge is 0.476 e. The SMILES string of the molecule is CCCCOC(=O)[C@H](C)NP(=O)(COCCn1cnc2c(OCCC)nc(N)nc21)N[C@@H](C)C(=O)OCCCC.CCCOc1nc(N)nc2c1ncn2CCOCP(=O)(O)O. The van der Waals surface area contributed by atoms with Gasteiger partial charge < -0.3 is 58.8 Å². The van der Waals surface area contributed by atoms with Crippen molar-refractivity contribution in [3.8, 4) is 11.8 Å². The Labute approximate surface area is 360 Å². The number of nitrogens with two attached hydrogens (primary N) is 2. The van der Waals surface area contributed by atoms with Crippen LogP contribution in [0.1, 0.15) is 80.1 Å². The van der Waals surface area contributed by atoms with Gasteiger partial charge in [-0.25, -0.2) is 20.1 Å². The molecule has 62 heavy (non-hydrogen) atoms. The molecular formula is C36H62N12O12P2. The highest BCUT2D eigenvalue weighted by atomic mass is 31.2. The number of nitrogens with one attached hydrogen (secondary N) is 2. The summed E-state index contributed by atoms with van der Waals surface area (Å²) >= 11 is 0. The molecule has 0 radical (unpaired) electrons. The monoisotopic (exact) mass is 916 g/mol. The van der Waals surface area contributed by atoms with Crippen molar-refractivity contribution in [2.24, 2.45) is 0 Å². The molecule has 0 saturated heterocycles. The van der Waals surface area contributed by atoms with Gasteiger partial charge in [0.2, 0.25) is 31.1 Å². The molecule has 0 aliphatic heterocycles. The van der Waals surface area contributed by atoms with Gasteiger partial charge in [-0.3, -0.25) is 18.7 Å². The third-order valence-electron chi connectivity index (χ3n) is 8.27. The molecule has 8 N–H and O–H groups in total. The van der Waals surface area contributed by atoms with Crippen molar-refractivity contribution < 1.29 is 56.9 Å². The van der Waals surface area contributed by atoms with Gasteiger partial charge in [-0.15, -0.1) is 0 Å². The minimum absolute atomic E-state index is 0.0544. The molecule has 26 heteroatoms. The van der Waals surface area contributed by atoms with E-state index in [9.17, 15) is 18.7 Å². The Morgan fingerprint density at radius 3 is 1.47 bits per heavy atom. The first-order valence-corrected chi connectivity index (χ1v) is 24.1. The zero-order valence-corrected chi connectivity index (χ0v) is 38.0. The van der Waals surface area contributed by atoms with Crippen molar-refractivity contribution >= 4 is 61.2 Å². The first kappa shape index (κ1) is 51.8. The van der Waals surface area contributed by atoms with Crippen molar-refractivity contribution in [3.63, 3.8) is 0 Å². The Hall–Kier alpha value is -4.54. The minimum atomic E-state index is -4.16. The zero-order valence-electron chi connectivity index (χ0n) is 36.2. The molecule has 2 atom stereocenters. The van der Waals surface area contributed by atoms with Crippen LogP contribution in [0.4, 0.5) is 11.9 Å². The lowest BCUT2D eigenvalue weighted by atomic mass is 10.3. The maximum Gasteiger partial charge on any atom is 0.350 e. The number of unbranched alkanes of at least 4 members (excludes halogenated alkanes) is 2. The lowest BCUT2D eigenvalue weighted by Crippen LogP contribution is -2.43. The molecule has 0 bridgehead atoms. The van der Waals surface area contributed by atoms with Crippen LogP contribution in [0.5, 0.6) is 11.8 Å². The fourth-order valence-electron chi connectivity index (χ4n) is 5.22. The lowest BCUT2D eigenvalue weighted by molar-refractivity contribution is -0.145.